The number of rotatable bonds is 2. The monoisotopic (exact) mass is 241 g/mol. The van der Waals surface area contributed by atoms with E-state index in [1.165, 1.54) is 43.6 Å². The highest BCUT2D eigenvalue weighted by Gasteiger charge is 2.35. The highest BCUT2D eigenvalue weighted by Crippen LogP contribution is 2.35. The Balaban J connectivity index is 1.91. The number of thioether (sulfide) groups is 1. The van der Waals surface area contributed by atoms with Gasteiger partial charge >= 0.3 is 0 Å². The molecule has 1 N–H and O–H groups in total. The normalized spacial score (nSPS) is 39.6. The Morgan fingerprint density at radius 1 is 1.19 bits per heavy atom. The summed E-state index contributed by atoms with van der Waals surface area (Å²) in [5.74, 6) is 3.55. The SMILES string of the molecule is CC1CCCCC1NC1CSCCC1(C)C. The molecule has 1 aliphatic heterocycles. The topological polar surface area (TPSA) is 12.0 Å². The minimum absolute atomic E-state index is 0.502. The Morgan fingerprint density at radius 3 is 2.62 bits per heavy atom. The van der Waals surface area contributed by atoms with Crippen LogP contribution in [0, 0.1) is 11.3 Å². The van der Waals surface area contributed by atoms with E-state index in [1.54, 1.807) is 0 Å². The van der Waals surface area contributed by atoms with Crippen molar-refractivity contribution in [3.05, 3.63) is 0 Å². The summed E-state index contributed by atoms with van der Waals surface area (Å²) in [5.41, 5.74) is 0.502. The molecule has 1 aliphatic carbocycles. The molecule has 2 aliphatic rings. The van der Waals surface area contributed by atoms with E-state index < -0.39 is 0 Å². The molecule has 0 amide bonds. The van der Waals surface area contributed by atoms with Gasteiger partial charge in [0.2, 0.25) is 0 Å². The lowest BCUT2D eigenvalue weighted by molar-refractivity contribution is 0.184. The largest absolute Gasteiger partial charge is 0.310 e. The van der Waals surface area contributed by atoms with E-state index in [0.717, 1.165) is 18.0 Å². The molecule has 16 heavy (non-hydrogen) atoms. The summed E-state index contributed by atoms with van der Waals surface area (Å²) < 4.78 is 0. The standard InChI is InChI=1S/C14H27NS/c1-11-6-4-5-7-12(11)15-13-10-16-9-8-14(13,2)3/h11-13,15H,4-10H2,1-3H3. The Bertz CT molecular complexity index is 227. The van der Waals surface area contributed by atoms with Gasteiger partial charge in [-0.2, -0.15) is 11.8 Å². The van der Waals surface area contributed by atoms with Gasteiger partial charge in [-0.1, -0.05) is 33.6 Å². The molecule has 0 spiro atoms. The van der Waals surface area contributed by atoms with Crippen molar-refractivity contribution < 1.29 is 0 Å². The predicted octanol–water partition coefficient (Wildman–Crippen LogP) is 3.69. The van der Waals surface area contributed by atoms with E-state index in [1.807, 2.05) is 0 Å². The molecule has 2 heteroatoms. The van der Waals surface area contributed by atoms with E-state index in [4.69, 9.17) is 0 Å². The Labute approximate surface area is 105 Å². The summed E-state index contributed by atoms with van der Waals surface area (Å²) in [6.45, 7) is 7.32. The number of nitrogens with one attached hydrogen (secondary N) is 1. The second-order valence-corrected chi connectivity index (χ2v) is 7.55. The Morgan fingerprint density at radius 2 is 1.94 bits per heavy atom. The van der Waals surface area contributed by atoms with Gasteiger partial charge in [-0.25, -0.2) is 0 Å². The fraction of sp³-hybridized carbons (Fsp3) is 1.00. The number of hydrogen-bond donors (Lipinski definition) is 1. The Hall–Kier alpha value is 0.310. The third kappa shape index (κ3) is 2.95. The zero-order valence-corrected chi connectivity index (χ0v) is 11.9. The first kappa shape index (κ1) is 12.8. The second kappa shape index (κ2) is 5.30. The van der Waals surface area contributed by atoms with Crippen LogP contribution in [-0.4, -0.2) is 23.6 Å². The molecule has 1 nitrogen and oxygen atoms in total. The van der Waals surface area contributed by atoms with Crippen LogP contribution in [0.1, 0.15) is 52.9 Å². The van der Waals surface area contributed by atoms with Gasteiger partial charge in [0.15, 0.2) is 0 Å². The molecule has 2 rings (SSSR count). The average molecular weight is 241 g/mol. The average Bonchev–Trinajstić information content (AvgIpc) is 2.24. The van der Waals surface area contributed by atoms with Crippen molar-refractivity contribution in [2.24, 2.45) is 11.3 Å². The number of hydrogen-bond acceptors (Lipinski definition) is 2. The Kier molecular flexibility index (Phi) is 4.23. The zero-order chi connectivity index (χ0) is 11.6. The van der Waals surface area contributed by atoms with Gasteiger partial charge in [0.25, 0.3) is 0 Å². The molecule has 0 aromatic rings. The van der Waals surface area contributed by atoms with Gasteiger partial charge < -0.3 is 5.32 Å². The lowest BCUT2D eigenvalue weighted by Gasteiger charge is -2.43. The van der Waals surface area contributed by atoms with Crippen LogP contribution in [0.3, 0.4) is 0 Å². The lowest BCUT2D eigenvalue weighted by Crippen LogP contribution is -2.52. The second-order valence-electron chi connectivity index (χ2n) is 6.40. The van der Waals surface area contributed by atoms with Crippen LogP contribution in [0.15, 0.2) is 0 Å². The van der Waals surface area contributed by atoms with Crippen LogP contribution in [0.5, 0.6) is 0 Å². The molecule has 3 unspecified atom stereocenters. The van der Waals surface area contributed by atoms with Crippen molar-refractivity contribution in [3.8, 4) is 0 Å². The van der Waals surface area contributed by atoms with Crippen molar-refractivity contribution in [2.75, 3.05) is 11.5 Å². The van der Waals surface area contributed by atoms with Crippen molar-refractivity contribution >= 4 is 11.8 Å². The quantitative estimate of drug-likeness (QED) is 0.791. The smallest absolute Gasteiger partial charge is 0.0212 e. The van der Waals surface area contributed by atoms with Gasteiger partial charge in [-0.05, 0) is 36.3 Å². The van der Waals surface area contributed by atoms with Crippen molar-refractivity contribution in [1.82, 2.24) is 5.32 Å². The van der Waals surface area contributed by atoms with Crippen LogP contribution in [-0.2, 0) is 0 Å². The molecule has 0 bridgehead atoms. The van der Waals surface area contributed by atoms with Crippen LogP contribution < -0.4 is 5.32 Å². The van der Waals surface area contributed by atoms with Crippen LogP contribution >= 0.6 is 11.8 Å². The highest BCUT2D eigenvalue weighted by molar-refractivity contribution is 7.99. The molecule has 2 fully saturated rings. The third-order valence-corrected chi connectivity index (χ3v) is 5.71. The molecule has 94 valence electrons. The molecule has 1 heterocycles. The fourth-order valence-electron chi connectivity index (χ4n) is 3.03. The van der Waals surface area contributed by atoms with E-state index in [-0.39, 0.29) is 0 Å². The van der Waals surface area contributed by atoms with E-state index in [0.29, 0.717) is 5.41 Å². The summed E-state index contributed by atoms with van der Waals surface area (Å²) in [5, 5.41) is 3.98. The van der Waals surface area contributed by atoms with Crippen molar-refractivity contribution in [1.29, 1.82) is 0 Å². The van der Waals surface area contributed by atoms with Gasteiger partial charge in [0, 0.05) is 17.8 Å². The van der Waals surface area contributed by atoms with Gasteiger partial charge in [0.05, 0.1) is 0 Å². The summed E-state index contributed by atoms with van der Waals surface area (Å²) >= 11 is 2.13. The summed E-state index contributed by atoms with van der Waals surface area (Å²) in [7, 11) is 0. The maximum Gasteiger partial charge on any atom is 0.0212 e. The summed E-state index contributed by atoms with van der Waals surface area (Å²) in [4.78, 5) is 0. The van der Waals surface area contributed by atoms with Crippen LogP contribution in [0.4, 0.5) is 0 Å². The van der Waals surface area contributed by atoms with Gasteiger partial charge in [-0.15, -0.1) is 0 Å². The first-order valence-electron chi connectivity index (χ1n) is 6.93. The summed E-state index contributed by atoms with van der Waals surface area (Å²) in [6, 6.07) is 1.52. The van der Waals surface area contributed by atoms with Gasteiger partial charge in [-0.3, -0.25) is 0 Å². The lowest BCUT2D eigenvalue weighted by atomic mass is 9.79. The molecule has 1 saturated carbocycles. The molecular weight excluding hydrogens is 214 g/mol. The third-order valence-electron chi connectivity index (χ3n) is 4.65. The summed E-state index contributed by atoms with van der Waals surface area (Å²) in [6.07, 6.45) is 7.08. The molecule has 0 radical (unpaired) electrons. The zero-order valence-electron chi connectivity index (χ0n) is 11.1. The maximum absolute atomic E-state index is 3.98. The van der Waals surface area contributed by atoms with Crippen LogP contribution in [0.2, 0.25) is 0 Å². The molecule has 0 aromatic heterocycles. The minimum Gasteiger partial charge on any atom is -0.310 e. The van der Waals surface area contributed by atoms with E-state index >= 15 is 0 Å². The molecule has 3 atom stereocenters. The van der Waals surface area contributed by atoms with E-state index in [2.05, 4.69) is 37.8 Å². The maximum atomic E-state index is 3.98. The molecular formula is C14H27NS. The van der Waals surface area contributed by atoms with Crippen LogP contribution in [0.25, 0.3) is 0 Å². The predicted molar refractivity (Wildman–Crippen MR) is 74.1 cm³/mol. The van der Waals surface area contributed by atoms with Crippen molar-refractivity contribution in [3.63, 3.8) is 0 Å². The van der Waals surface area contributed by atoms with Crippen molar-refractivity contribution in [2.45, 2.75) is 65.0 Å². The molecule has 1 saturated heterocycles. The molecule has 0 aromatic carbocycles. The fourth-order valence-corrected chi connectivity index (χ4v) is 4.65. The first-order valence-corrected chi connectivity index (χ1v) is 8.09. The van der Waals surface area contributed by atoms with Gasteiger partial charge in [0.1, 0.15) is 0 Å². The first-order chi connectivity index (χ1) is 7.59. The minimum atomic E-state index is 0.502. The van der Waals surface area contributed by atoms with E-state index in [9.17, 15) is 0 Å². The highest BCUT2D eigenvalue weighted by atomic mass is 32.2.